The first-order valence-electron chi connectivity index (χ1n) is 8.10. The number of anilines is 1. The van der Waals surface area contributed by atoms with E-state index in [0.717, 1.165) is 47.7 Å². The van der Waals surface area contributed by atoms with Crippen molar-refractivity contribution < 1.29 is 5.11 Å². The summed E-state index contributed by atoms with van der Waals surface area (Å²) >= 11 is 1.97. The predicted molar refractivity (Wildman–Crippen MR) is 95.3 cm³/mol. The molecule has 0 saturated carbocycles. The summed E-state index contributed by atoms with van der Waals surface area (Å²) in [6, 6.07) is 4.06. The van der Waals surface area contributed by atoms with Crippen LogP contribution in [0.4, 0.5) is 5.69 Å². The van der Waals surface area contributed by atoms with Crippen LogP contribution in [0.3, 0.4) is 0 Å². The largest absolute Gasteiger partial charge is 0.399 e. The number of nitrogens with one attached hydrogen (secondary N) is 1. The summed E-state index contributed by atoms with van der Waals surface area (Å²) in [6.45, 7) is 8.47. The molecular formula is C18H26N2OS. The van der Waals surface area contributed by atoms with Gasteiger partial charge in [-0.25, -0.2) is 0 Å². The molecule has 1 aromatic rings. The monoisotopic (exact) mass is 318 g/mol. The molecule has 4 heteroatoms. The van der Waals surface area contributed by atoms with Crippen LogP contribution in [0.15, 0.2) is 24.4 Å². The summed E-state index contributed by atoms with van der Waals surface area (Å²) in [6.07, 6.45) is 2.52. The van der Waals surface area contributed by atoms with E-state index in [1.165, 1.54) is 11.1 Å². The molecule has 1 aromatic carbocycles. The molecule has 1 spiro atoms. The number of benzene rings is 1. The Morgan fingerprint density at radius 2 is 2.09 bits per heavy atom. The summed E-state index contributed by atoms with van der Waals surface area (Å²) in [4.78, 5) is 0. The van der Waals surface area contributed by atoms with E-state index in [-0.39, 0.29) is 11.5 Å². The van der Waals surface area contributed by atoms with Gasteiger partial charge in [0.1, 0.15) is 0 Å². The van der Waals surface area contributed by atoms with Gasteiger partial charge in [0.25, 0.3) is 0 Å². The highest BCUT2D eigenvalue weighted by Crippen LogP contribution is 2.46. The fourth-order valence-electron chi connectivity index (χ4n) is 4.11. The van der Waals surface area contributed by atoms with E-state index >= 15 is 0 Å². The fraction of sp³-hybridized carbons (Fsp3) is 0.556. The molecule has 2 unspecified atom stereocenters. The number of aryl methyl sites for hydroxylation is 2. The van der Waals surface area contributed by atoms with Gasteiger partial charge in [0.2, 0.25) is 0 Å². The number of hydrogen-bond donors (Lipinski definition) is 3. The lowest BCUT2D eigenvalue weighted by molar-refractivity contribution is 0.0793. The quantitative estimate of drug-likeness (QED) is 0.734. The zero-order chi connectivity index (χ0) is 15.9. The molecule has 3 rings (SSSR count). The van der Waals surface area contributed by atoms with Crippen LogP contribution >= 0.6 is 11.8 Å². The maximum absolute atomic E-state index is 11.1. The van der Waals surface area contributed by atoms with Crippen LogP contribution in [0.25, 0.3) is 0 Å². The number of hydrogen-bond acceptors (Lipinski definition) is 4. The lowest BCUT2D eigenvalue weighted by atomic mass is 9.78. The van der Waals surface area contributed by atoms with E-state index in [1.807, 2.05) is 23.9 Å². The molecule has 2 saturated heterocycles. The third-order valence-corrected chi connectivity index (χ3v) is 6.22. The third kappa shape index (κ3) is 2.42. The molecule has 2 atom stereocenters. The molecular weight excluding hydrogens is 292 g/mol. The first-order valence-corrected chi connectivity index (χ1v) is 9.25. The van der Waals surface area contributed by atoms with Crippen molar-refractivity contribution in [2.45, 2.75) is 50.7 Å². The van der Waals surface area contributed by atoms with E-state index in [0.29, 0.717) is 0 Å². The van der Waals surface area contributed by atoms with Gasteiger partial charge in [-0.15, -0.1) is 0 Å². The van der Waals surface area contributed by atoms with Crippen molar-refractivity contribution in [1.82, 2.24) is 5.32 Å². The highest BCUT2D eigenvalue weighted by Gasteiger charge is 2.51. The maximum Gasteiger partial charge on any atom is 0.0893 e. The molecule has 4 N–H and O–H groups in total. The molecule has 2 heterocycles. The minimum absolute atomic E-state index is 0.0290. The first kappa shape index (κ1) is 15.8. The smallest absolute Gasteiger partial charge is 0.0893 e. The summed E-state index contributed by atoms with van der Waals surface area (Å²) in [7, 11) is 0. The Morgan fingerprint density at radius 3 is 2.73 bits per heavy atom. The van der Waals surface area contributed by atoms with Gasteiger partial charge in [0, 0.05) is 11.4 Å². The molecule has 0 bridgehead atoms. The van der Waals surface area contributed by atoms with Crippen LogP contribution in [0.5, 0.6) is 0 Å². The van der Waals surface area contributed by atoms with Crippen molar-refractivity contribution in [3.05, 3.63) is 41.1 Å². The molecule has 0 aliphatic carbocycles. The maximum atomic E-state index is 11.1. The average Bonchev–Trinajstić information content (AvgIpc) is 2.71. The topological polar surface area (TPSA) is 58.3 Å². The highest BCUT2D eigenvalue weighted by molar-refractivity contribution is 7.99. The summed E-state index contributed by atoms with van der Waals surface area (Å²) in [5.41, 5.74) is 11.2. The zero-order valence-electron chi connectivity index (χ0n) is 13.5. The SMILES string of the molecule is C=C1NC2(CCSCC2)C(O)C1c1c(C)cc(N)cc1CC. The minimum atomic E-state index is -0.409. The van der Waals surface area contributed by atoms with Crippen molar-refractivity contribution in [1.29, 1.82) is 0 Å². The van der Waals surface area contributed by atoms with E-state index in [2.05, 4.69) is 25.7 Å². The molecule has 0 aromatic heterocycles. The Hall–Kier alpha value is -1.13. The van der Waals surface area contributed by atoms with Gasteiger partial charge in [-0.05, 0) is 66.5 Å². The predicted octanol–water partition coefficient (Wildman–Crippen LogP) is 2.97. The average molecular weight is 318 g/mol. The summed E-state index contributed by atoms with van der Waals surface area (Å²) in [5, 5.41) is 14.7. The van der Waals surface area contributed by atoms with Crippen LogP contribution in [0.1, 0.15) is 42.4 Å². The molecule has 120 valence electrons. The Bertz CT molecular complexity index is 593. The molecule has 2 aliphatic heterocycles. The van der Waals surface area contributed by atoms with Crippen molar-refractivity contribution in [2.75, 3.05) is 17.2 Å². The lowest BCUT2D eigenvalue weighted by Crippen LogP contribution is -2.50. The van der Waals surface area contributed by atoms with Crippen LogP contribution in [0.2, 0.25) is 0 Å². The van der Waals surface area contributed by atoms with E-state index in [1.54, 1.807) is 0 Å². The molecule has 2 fully saturated rings. The van der Waals surface area contributed by atoms with Crippen molar-refractivity contribution in [2.24, 2.45) is 0 Å². The minimum Gasteiger partial charge on any atom is -0.399 e. The van der Waals surface area contributed by atoms with Crippen molar-refractivity contribution >= 4 is 17.4 Å². The van der Waals surface area contributed by atoms with Crippen LogP contribution in [-0.2, 0) is 6.42 Å². The number of rotatable bonds is 2. The zero-order valence-corrected chi connectivity index (χ0v) is 14.3. The van der Waals surface area contributed by atoms with Crippen molar-refractivity contribution in [3.8, 4) is 0 Å². The Kier molecular flexibility index (Phi) is 4.17. The molecule has 22 heavy (non-hydrogen) atoms. The van der Waals surface area contributed by atoms with Gasteiger partial charge >= 0.3 is 0 Å². The van der Waals surface area contributed by atoms with Gasteiger partial charge in [-0.3, -0.25) is 0 Å². The Balaban J connectivity index is 2.03. The van der Waals surface area contributed by atoms with Crippen LogP contribution < -0.4 is 11.1 Å². The normalized spacial score (nSPS) is 27.1. The first-order chi connectivity index (χ1) is 10.5. The number of nitrogens with two attached hydrogens (primary N) is 1. The number of aliphatic hydroxyl groups excluding tert-OH is 1. The van der Waals surface area contributed by atoms with Crippen LogP contribution in [0, 0.1) is 6.92 Å². The Morgan fingerprint density at radius 1 is 1.41 bits per heavy atom. The second-order valence-electron chi connectivity index (χ2n) is 6.61. The van der Waals surface area contributed by atoms with Crippen molar-refractivity contribution in [3.63, 3.8) is 0 Å². The second-order valence-corrected chi connectivity index (χ2v) is 7.83. The number of nitrogen functional groups attached to an aromatic ring is 1. The highest BCUT2D eigenvalue weighted by atomic mass is 32.2. The van der Waals surface area contributed by atoms with Gasteiger partial charge in [0.15, 0.2) is 0 Å². The summed E-state index contributed by atoms with van der Waals surface area (Å²) < 4.78 is 0. The molecule has 0 radical (unpaired) electrons. The lowest BCUT2D eigenvalue weighted by Gasteiger charge is -2.37. The fourth-order valence-corrected chi connectivity index (χ4v) is 5.33. The van der Waals surface area contributed by atoms with E-state index in [9.17, 15) is 5.11 Å². The van der Waals surface area contributed by atoms with Crippen LogP contribution in [-0.4, -0.2) is 28.3 Å². The Labute approximate surface area is 137 Å². The number of thioether (sulfide) groups is 1. The van der Waals surface area contributed by atoms with Gasteiger partial charge in [-0.1, -0.05) is 13.5 Å². The molecule has 3 nitrogen and oxygen atoms in total. The van der Waals surface area contributed by atoms with E-state index < -0.39 is 6.10 Å². The molecule has 0 amide bonds. The number of aliphatic hydroxyl groups is 1. The van der Waals surface area contributed by atoms with Gasteiger partial charge in [-0.2, -0.15) is 11.8 Å². The standard InChI is InChI=1S/C18H26N2OS/c1-4-13-10-14(19)9-11(2)15(13)16-12(3)20-18(17(16)21)5-7-22-8-6-18/h9-10,16-17,20-21H,3-8,19H2,1-2H3. The van der Waals surface area contributed by atoms with Gasteiger partial charge < -0.3 is 16.2 Å². The van der Waals surface area contributed by atoms with Gasteiger partial charge in [0.05, 0.1) is 17.6 Å². The van der Waals surface area contributed by atoms with E-state index in [4.69, 9.17) is 5.73 Å². The molecule has 2 aliphatic rings. The third-order valence-electron chi connectivity index (χ3n) is 5.24. The summed E-state index contributed by atoms with van der Waals surface area (Å²) in [5.74, 6) is 2.18. The second kappa shape index (κ2) is 5.82.